The topological polar surface area (TPSA) is 109 Å². The zero-order chi connectivity index (χ0) is 19.7. The average molecular weight is 422 g/mol. The lowest BCUT2D eigenvalue weighted by Crippen LogP contribution is -2.21. The first-order valence-electron chi connectivity index (χ1n) is 7.66. The van der Waals surface area contributed by atoms with Gasteiger partial charge in [-0.2, -0.15) is 16.8 Å². The van der Waals surface area contributed by atoms with Crippen molar-refractivity contribution in [2.75, 3.05) is 0 Å². The van der Waals surface area contributed by atoms with Crippen LogP contribution in [0.25, 0.3) is 0 Å². The fourth-order valence-electron chi connectivity index (χ4n) is 2.57. The van der Waals surface area contributed by atoms with Crippen LogP contribution in [-0.2, 0) is 20.2 Å². The van der Waals surface area contributed by atoms with Gasteiger partial charge in [-0.15, -0.1) is 0 Å². The van der Waals surface area contributed by atoms with Gasteiger partial charge in [-0.05, 0) is 48.1 Å². The quantitative estimate of drug-likeness (QED) is 0.481. The van der Waals surface area contributed by atoms with Crippen molar-refractivity contribution in [1.82, 2.24) is 0 Å². The average Bonchev–Trinajstić information content (AvgIpc) is 2.62. The molecule has 6 nitrogen and oxygen atoms in total. The zero-order valence-corrected chi connectivity index (χ0v) is 16.3. The molecule has 0 saturated carbocycles. The minimum atomic E-state index is -4.35. The number of hydrogen-bond donors (Lipinski definition) is 2. The van der Waals surface area contributed by atoms with Crippen molar-refractivity contribution in [1.29, 1.82) is 0 Å². The summed E-state index contributed by atoms with van der Waals surface area (Å²) >= 11 is 0. The Labute approximate surface area is 158 Å². The maximum atomic E-state index is 11.5. The molecule has 0 amide bonds. The summed E-state index contributed by atoms with van der Waals surface area (Å²) < 4.78 is 64.1. The molecule has 27 heavy (non-hydrogen) atoms. The van der Waals surface area contributed by atoms with E-state index in [0.29, 0.717) is 5.30 Å². The van der Waals surface area contributed by atoms with Crippen LogP contribution in [0, 0.1) is 0 Å². The molecule has 0 radical (unpaired) electrons. The van der Waals surface area contributed by atoms with Crippen molar-refractivity contribution in [3.63, 3.8) is 0 Å². The Morgan fingerprint density at radius 2 is 1.07 bits per heavy atom. The van der Waals surface area contributed by atoms with Gasteiger partial charge in [0, 0.05) is 0 Å². The molecule has 9 heteroatoms. The molecule has 140 valence electrons. The number of rotatable bonds is 5. The van der Waals surface area contributed by atoms with Crippen LogP contribution in [0.1, 0.15) is 0 Å². The molecular formula is C18H15O6PS2. The molecule has 3 aromatic carbocycles. The van der Waals surface area contributed by atoms with Crippen LogP contribution in [0.4, 0.5) is 0 Å². The molecule has 1 unspecified atom stereocenters. The zero-order valence-electron chi connectivity index (χ0n) is 13.8. The van der Waals surface area contributed by atoms with Gasteiger partial charge in [0.15, 0.2) is 0 Å². The van der Waals surface area contributed by atoms with Crippen LogP contribution in [0.2, 0.25) is 0 Å². The Balaban J connectivity index is 2.17. The third-order valence-electron chi connectivity index (χ3n) is 3.78. The molecule has 0 spiro atoms. The van der Waals surface area contributed by atoms with Crippen molar-refractivity contribution < 1.29 is 25.9 Å². The van der Waals surface area contributed by atoms with E-state index in [2.05, 4.69) is 0 Å². The largest absolute Gasteiger partial charge is 0.294 e. The minimum Gasteiger partial charge on any atom is -0.282 e. The third kappa shape index (κ3) is 4.61. The molecule has 0 heterocycles. The van der Waals surface area contributed by atoms with Crippen molar-refractivity contribution in [3.05, 3.63) is 78.9 Å². The van der Waals surface area contributed by atoms with E-state index < -0.39 is 28.2 Å². The van der Waals surface area contributed by atoms with E-state index in [1.54, 1.807) is 24.3 Å². The van der Waals surface area contributed by atoms with Crippen LogP contribution in [0.5, 0.6) is 0 Å². The van der Waals surface area contributed by atoms with E-state index in [-0.39, 0.29) is 9.79 Å². The SMILES string of the molecule is O=S(=O)(O)c1ccc(P(c2ccccc2)c2cccc(S(=O)(=O)O)c2)cc1. The first kappa shape index (κ1) is 19.7. The molecule has 1 atom stereocenters. The first-order valence-corrected chi connectivity index (χ1v) is 11.9. The van der Waals surface area contributed by atoms with E-state index >= 15 is 0 Å². The summed E-state index contributed by atoms with van der Waals surface area (Å²) in [5.74, 6) is 0. The summed E-state index contributed by atoms with van der Waals surface area (Å²) in [7, 11) is -9.87. The first-order chi connectivity index (χ1) is 12.7. The second kappa shape index (κ2) is 7.50. The van der Waals surface area contributed by atoms with Gasteiger partial charge in [-0.25, -0.2) is 0 Å². The van der Waals surface area contributed by atoms with E-state index in [4.69, 9.17) is 4.55 Å². The lowest BCUT2D eigenvalue weighted by molar-refractivity contribution is 0.481. The Morgan fingerprint density at radius 1 is 0.556 bits per heavy atom. The maximum absolute atomic E-state index is 11.5. The van der Waals surface area contributed by atoms with Gasteiger partial charge in [0.05, 0.1) is 9.79 Å². The van der Waals surface area contributed by atoms with E-state index in [1.807, 2.05) is 30.3 Å². The summed E-state index contributed by atoms with van der Waals surface area (Å²) in [4.78, 5) is -0.432. The van der Waals surface area contributed by atoms with Gasteiger partial charge < -0.3 is 0 Å². The molecule has 3 rings (SSSR count). The standard InChI is InChI=1S/C18H15O6PS2/c19-26(20,21)17-11-9-15(10-12-17)25(14-5-2-1-3-6-14)16-7-4-8-18(13-16)27(22,23)24/h1-13H,(H,19,20,21)(H,22,23,24). The molecule has 0 bridgehead atoms. The van der Waals surface area contributed by atoms with Gasteiger partial charge >= 0.3 is 0 Å². The highest BCUT2D eigenvalue weighted by Gasteiger charge is 2.20. The maximum Gasteiger partial charge on any atom is 0.294 e. The molecule has 2 N–H and O–H groups in total. The van der Waals surface area contributed by atoms with Crippen LogP contribution < -0.4 is 15.9 Å². The predicted molar refractivity (Wildman–Crippen MR) is 105 cm³/mol. The summed E-state index contributed by atoms with van der Waals surface area (Å²) in [5.41, 5.74) is 0. The van der Waals surface area contributed by atoms with Gasteiger partial charge in [-0.3, -0.25) is 9.11 Å². The highest BCUT2D eigenvalue weighted by atomic mass is 32.2. The van der Waals surface area contributed by atoms with Gasteiger partial charge in [0.2, 0.25) is 0 Å². The molecule has 0 aliphatic heterocycles. The molecule has 3 aromatic rings. The normalized spacial score (nSPS) is 13.3. The summed E-state index contributed by atoms with van der Waals surface area (Å²) in [6.07, 6.45) is 0. The molecular weight excluding hydrogens is 407 g/mol. The Morgan fingerprint density at radius 3 is 1.63 bits per heavy atom. The van der Waals surface area contributed by atoms with Crippen molar-refractivity contribution in [3.8, 4) is 0 Å². The summed E-state index contributed by atoms with van der Waals surface area (Å²) in [6, 6.07) is 21.1. The lowest BCUT2D eigenvalue weighted by atomic mass is 10.3. The Kier molecular flexibility index (Phi) is 5.46. The fraction of sp³-hybridized carbons (Fsp3) is 0. The van der Waals surface area contributed by atoms with E-state index in [1.165, 1.54) is 24.3 Å². The van der Waals surface area contributed by atoms with Crippen molar-refractivity contribution >= 4 is 44.1 Å². The van der Waals surface area contributed by atoms with Gasteiger partial charge in [0.25, 0.3) is 20.2 Å². The van der Waals surface area contributed by atoms with Crippen molar-refractivity contribution in [2.24, 2.45) is 0 Å². The molecule has 0 aliphatic rings. The van der Waals surface area contributed by atoms with Crippen LogP contribution in [-0.4, -0.2) is 25.9 Å². The Hall–Kier alpha value is -2.09. The lowest BCUT2D eigenvalue weighted by Gasteiger charge is -2.20. The van der Waals surface area contributed by atoms with Crippen LogP contribution in [0.3, 0.4) is 0 Å². The minimum absolute atomic E-state index is 0.210. The third-order valence-corrected chi connectivity index (χ3v) is 7.92. The van der Waals surface area contributed by atoms with Crippen molar-refractivity contribution in [2.45, 2.75) is 9.79 Å². The van der Waals surface area contributed by atoms with Crippen LogP contribution in [0.15, 0.2) is 88.7 Å². The Bertz CT molecular complexity index is 1160. The predicted octanol–water partition coefficient (Wildman–Crippen LogP) is 1.94. The molecule has 0 aromatic heterocycles. The summed E-state index contributed by atoms with van der Waals surface area (Å²) in [6.45, 7) is 0. The molecule has 0 aliphatic carbocycles. The monoisotopic (exact) mass is 422 g/mol. The second-order valence-electron chi connectivity index (χ2n) is 5.61. The van der Waals surface area contributed by atoms with E-state index in [0.717, 1.165) is 10.6 Å². The van der Waals surface area contributed by atoms with Crippen LogP contribution >= 0.6 is 7.92 Å². The number of hydrogen-bond acceptors (Lipinski definition) is 4. The highest BCUT2D eigenvalue weighted by Crippen LogP contribution is 2.33. The van der Waals surface area contributed by atoms with E-state index in [9.17, 15) is 21.4 Å². The summed E-state index contributed by atoms with van der Waals surface area (Å²) in [5, 5.41) is 2.35. The number of benzene rings is 3. The van der Waals surface area contributed by atoms with Gasteiger partial charge in [0.1, 0.15) is 0 Å². The molecule has 0 fully saturated rings. The van der Waals surface area contributed by atoms with Gasteiger partial charge in [-0.1, -0.05) is 54.6 Å². The smallest absolute Gasteiger partial charge is 0.282 e. The second-order valence-corrected chi connectivity index (χ2v) is 10.7. The fourth-order valence-corrected chi connectivity index (χ4v) is 5.98. The molecule has 0 saturated heterocycles. The highest BCUT2D eigenvalue weighted by molar-refractivity contribution is 7.86.